The number of hydrogen-bond acceptors (Lipinski definition) is 6. The zero-order valence-corrected chi connectivity index (χ0v) is 17.8. The standard InChI is InChI=1S/C20H16ClN3O4S2/c21-17-7-8-18(29-17)30(27,28)11-14-19-15(5-2-6-16(19)25)24(23-14)10-12-3-1-4-13(9-12)20(22)26/h1-9,25H,10-11H2,(H2,22,26). The molecule has 2 aromatic carbocycles. The second-order valence-corrected chi connectivity index (χ2v) is 10.6. The number of carbonyl (C=O) groups excluding carboxylic acids is 1. The number of nitrogens with two attached hydrogens (primary N) is 1. The lowest BCUT2D eigenvalue weighted by Gasteiger charge is -2.05. The van der Waals surface area contributed by atoms with Gasteiger partial charge in [0.2, 0.25) is 5.91 Å². The maximum atomic E-state index is 12.8. The van der Waals surface area contributed by atoms with Crippen LogP contribution in [0, 0.1) is 0 Å². The van der Waals surface area contributed by atoms with Crippen LogP contribution in [-0.4, -0.2) is 29.2 Å². The number of aromatic hydroxyl groups is 1. The highest BCUT2D eigenvalue weighted by Gasteiger charge is 2.23. The molecular weight excluding hydrogens is 446 g/mol. The molecule has 3 N–H and O–H groups in total. The summed E-state index contributed by atoms with van der Waals surface area (Å²) in [5, 5.41) is 15.2. The number of sulfone groups is 1. The topological polar surface area (TPSA) is 115 Å². The van der Waals surface area contributed by atoms with E-state index in [1.54, 1.807) is 35.0 Å². The number of halogens is 1. The molecule has 4 aromatic rings. The van der Waals surface area contributed by atoms with E-state index >= 15 is 0 Å². The average molecular weight is 462 g/mol. The summed E-state index contributed by atoms with van der Waals surface area (Å²) in [4.78, 5) is 11.5. The minimum atomic E-state index is -3.69. The van der Waals surface area contributed by atoms with E-state index in [-0.39, 0.29) is 28.0 Å². The van der Waals surface area contributed by atoms with Gasteiger partial charge in [0.15, 0.2) is 9.84 Å². The Balaban J connectivity index is 1.77. The van der Waals surface area contributed by atoms with Crippen LogP contribution in [-0.2, 0) is 22.1 Å². The lowest BCUT2D eigenvalue weighted by atomic mass is 10.1. The quantitative estimate of drug-likeness (QED) is 0.455. The first-order valence-electron chi connectivity index (χ1n) is 8.79. The van der Waals surface area contributed by atoms with E-state index in [0.717, 1.165) is 16.9 Å². The Labute approximate surface area is 181 Å². The molecule has 0 unspecified atom stereocenters. The molecule has 0 aliphatic carbocycles. The van der Waals surface area contributed by atoms with E-state index in [2.05, 4.69) is 5.10 Å². The highest BCUT2D eigenvalue weighted by atomic mass is 35.5. The Morgan fingerprint density at radius 3 is 2.63 bits per heavy atom. The van der Waals surface area contributed by atoms with E-state index in [4.69, 9.17) is 17.3 Å². The molecule has 4 rings (SSSR count). The third-order valence-corrected chi connectivity index (χ3v) is 7.99. The molecule has 0 saturated heterocycles. The van der Waals surface area contributed by atoms with E-state index in [9.17, 15) is 18.3 Å². The third-order valence-electron chi connectivity index (χ3n) is 4.55. The maximum Gasteiger partial charge on any atom is 0.248 e. The van der Waals surface area contributed by atoms with Crippen LogP contribution >= 0.6 is 22.9 Å². The fraction of sp³-hybridized carbons (Fsp3) is 0.100. The smallest absolute Gasteiger partial charge is 0.248 e. The van der Waals surface area contributed by atoms with Crippen LogP contribution in [0.2, 0.25) is 4.34 Å². The predicted molar refractivity (Wildman–Crippen MR) is 116 cm³/mol. The lowest BCUT2D eigenvalue weighted by molar-refractivity contribution is 0.1000. The van der Waals surface area contributed by atoms with Crippen molar-refractivity contribution in [2.75, 3.05) is 0 Å². The van der Waals surface area contributed by atoms with Crippen LogP contribution in [0.15, 0.2) is 58.8 Å². The first-order valence-corrected chi connectivity index (χ1v) is 11.6. The summed E-state index contributed by atoms with van der Waals surface area (Å²) in [5.74, 6) is -0.980. The van der Waals surface area contributed by atoms with Gasteiger partial charge in [-0.2, -0.15) is 5.10 Å². The molecule has 0 atom stereocenters. The molecule has 30 heavy (non-hydrogen) atoms. The van der Waals surface area contributed by atoms with Crippen molar-refractivity contribution in [1.29, 1.82) is 0 Å². The third kappa shape index (κ3) is 3.91. The van der Waals surface area contributed by atoms with Crippen molar-refractivity contribution >= 4 is 49.6 Å². The van der Waals surface area contributed by atoms with Gasteiger partial charge in [0.05, 0.1) is 27.5 Å². The van der Waals surface area contributed by atoms with Crippen molar-refractivity contribution in [2.24, 2.45) is 5.73 Å². The molecule has 2 aromatic heterocycles. The highest BCUT2D eigenvalue weighted by Crippen LogP contribution is 2.33. The van der Waals surface area contributed by atoms with E-state index in [1.807, 2.05) is 6.07 Å². The van der Waals surface area contributed by atoms with Crippen LogP contribution in [0.25, 0.3) is 10.9 Å². The number of rotatable bonds is 6. The Morgan fingerprint density at radius 1 is 1.17 bits per heavy atom. The van der Waals surface area contributed by atoms with Crippen molar-refractivity contribution in [3.05, 3.63) is 75.8 Å². The zero-order valence-electron chi connectivity index (χ0n) is 15.4. The van der Waals surface area contributed by atoms with Crippen LogP contribution < -0.4 is 5.73 Å². The summed E-state index contributed by atoms with van der Waals surface area (Å²) in [6.07, 6.45) is 0. The van der Waals surface area contributed by atoms with Crippen molar-refractivity contribution < 1.29 is 18.3 Å². The first kappa shape index (κ1) is 20.4. The van der Waals surface area contributed by atoms with Crippen molar-refractivity contribution in [2.45, 2.75) is 16.5 Å². The maximum absolute atomic E-state index is 12.8. The van der Waals surface area contributed by atoms with Gasteiger partial charge in [-0.1, -0.05) is 29.8 Å². The van der Waals surface area contributed by atoms with Gasteiger partial charge in [-0.15, -0.1) is 11.3 Å². The number of thiophene rings is 1. The van der Waals surface area contributed by atoms with E-state index < -0.39 is 15.7 Å². The van der Waals surface area contributed by atoms with E-state index in [0.29, 0.717) is 20.8 Å². The largest absolute Gasteiger partial charge is 0.507 e. The van der Waals surface area contributed by atoms with Gasteiger partial charge in [0.1, 0.15) is 15.7 Å². The number of carbonyl (C=O) groups is 1. The van der Waals surface area contributed by atoms with Gasteiger partial charge in [0.25, 0.3) is 0 Å². The highest BCUT2D eigenvalue weighted by molar-refractivity contribution is 7.92. The fourth-order valence-corrected chi connectivity index (χ4v) is 6.07. The summed E-state index contributed by atoms with van der Waals surface area (Å²) < 4.78 is 27.8. The zero-order chi connectivity index (χ0) is 21.5. The molecule has 2 heterocycles. The van der Waals surface area contributed by atoms with Gasteiger partial charge in [-0.05, 0) is 42.0 Å². The van der Waals surface area contributed by atoms with Gasteiger partial charge >= 0.3 is 0 Å². The minimum absolute atomic E-state index is 0.0564. The van der Waals surface area contributed by atoms with Gasteiger partial charge < -0.3 is 10.8 Å². The van der Waals surface area contributed by atoms with Gasteiger partial charge in [0, 0.05) is 5.56 Å². The lowest BCUT2D eigenvalue weighted by Crippen LogP contribution is -2.12. The molecule has 10 heteroatoms. The second-order valence-electron chi connectivity index (χ2n) is 6.66. The number of phenols is 1. The number of nitrogens with zero attached hydrogens (tertiary/aromatic N) is 2. The summed E-state index contributed by atoms with van der Waals surface area (Å²) in [7, 11) is -3.69. The molecule has 0 aliphatic rings. The predicted octanol–water partition coefficient (Wildman–Crippen LogP) is 3.58. The van der Waals surface area contributed by atoms with Gasteiger partial charge in [-0.3, -0.25) is 9.48 Å². The van der Waals surface area contributed by atoms with Crippen LogP contribution in [0.4, 0.5) is 0 Å². The summed E-state index contributed by atoms with van der Waals surface area (Å²) in [5.41, 5.74) is 7.29. The monoisotopic (exact) mass is 461 g/mol. The number of phenolic OH excluding ortho intramolecular Hbond substituents is 1. The molecule has 7 nitrogen and oxygen atoms in total. The summed E-state index contributed by atoms with van der Waals surface area (Å²) >= 11 is 6.85. The summed E-state index contributed by atoms with van der Waals surface area (Å²) in [6, 6.07) is 14.7. The first-order chi connectivity index (χ1) is 14.2. The molecule has 0 bridgehead atoms. The van der Waals surface area contributed by atoms with Crippen LogP contribution in [0.3, 0.4) is 0 Å². The van der Waals surface area contributed by atoms with Crippen molar-refractivity contribution in [1.82, 2.24) is 9.78 Å². The van der Waals surface area contributed by atoms with Crippen LogP contribution in [0.1, 0.15) is 21.6 Å². The summed E-state index contributed by atoms with van der Waals surface area (Å²) in [6.45, 7) is 0.270. The molecule has 0 radical (unpaired) electrons. The molecule has 0 fully saturated rings. The second kappa shape index (κ2) is 7.75. The number of primary amides is 1. The molecule has 0 spiro atoms. The minimum Gasteiger partial charge on any atom is -0.507 e. The SMILES string of the molecule is NC(=O)c1cccc(Cn2nc(CS(=O)(=O)c3ccc(Cl)s3)c3c(O)cccc32)c1. The van der Waals surface area contributed by atoms with Crippen molar-refractivity contribution in [3.63, 3.8) is 0 Å². The fourth-order valence-electron chi connectivity index (χ4n) is 3.22. The number of hydrogen-bond donors (Lipinski definition) is 2. The number of benzene rings is 2. The molecule has 0 aliphatic heterocycles. The number of amides is 1. The molecular formula is C20H16ClN3O4S2. The molecule has 1 amide bonds. The van der Waals surface area contributed by atoms with Crippen molar-refractivity contribution in [3.8, 4) is 5.75 Å². The van der Waals surface area contributed by atoms with Crippen LogP contribution in [0.5, 0.6) is 5.75 Å². The van der Waals surface area contributed by atoms with E-state index in [1.165, 1.54) is 18.2 Å². The molecule has 154 valence electrons. The molecule has 0 saturated carbocycles. The Hall–Kier alpha value is -2.88. The van der Waals surface area contributed by atoms with Gasteiger partial charge in [-0.25, -0.2) is 8.42 Å². The number of fused-ring (bicyclic) bond motifs is 1. The Morgan fingerprint density at radius 2 is 1.93 bits per heavy atom. The Bertz CT molecular complexity index is 1380. The Kier molecular flexibility index (Phi) is 5.27. The average Bonchev–Trinajstić information content (AvgIpc) is 3.27. The number of aromatic nitrogens is 2. The normalized spacial score (nSPS) is 11.8.